The van der Waals surface area contributed by atoms with E-state index in [1.54, 1.807) is 37.3 Å². The number of methoxy groups -OCH3 is 1. The molecule has 1 unspecified atom stereocenters. The van der Waals surface area contributed by atoms with Gasteiger partial charge in [0.25, 0.3) is 0 Å². The summed E-state index contributed by atoms with van der Waals surface area (Å²) in [6.45, 7) is 5.78. The molecular formula is C21H28N2O4S. The second-order valence-electron chi connectivity index (χ2n) is 6.85. The van der Waals surface area contributed by atoms with Gasteiger partial charge < -0.3 is 9.64 Å². The van der Waals surface area contributed by atoms with Crippen LogP contribution in [-0.4, -0.2) is 39.9 Å². The van der Waals surface area contributed by atoms with Crippen molar-refractivity contribution in [2.45, 2.75) is 38.1 Å². The number of carbonyl (C=O) groups excluding carboxylic acids is 1. The number of benzene rings is 2. The lowest BCUT2D eigenvalue weighted by atomic mass is 10.1. The summed E-state index contributed by atoms with van der Waals surface area (Å²) >= 11 is 0. The molecule has 0 aliphatic carbocycles. The fraction of sp³-hybridized carbons (Fsp3) is 0.381. The average molecular weight is 405 g/mol. The third-order valence-corrected chi connectivity index (χ3v) is 6.45. The molecule has 0 bridgehead atoms. The standard InChI is InChI=1S/C21H28N2O4S/c1-15-6-11-20(14-16(15)2)28(25,26)22-13-12-21(24)23(4)17(3)18-7-9-19(27-5)10-8-18/h6-11,14,17,22H,12-13H2,1-5H3. The molecule has 7 heteroatoms. The van der Waals surface area contributed by atoms with Crippen molar-refractivity contribution in [2.24, 2.45) is 0 Å². The van der Waals surface area contributed by atoms with Crippen LogP contribution in [0.4, 0.5) is 0 Å². The Morgan fingerprint density at radius 3 is 2.32 bits per heavy atom. The van der Waals surface area contributed by atoms with Crippen molar-refractivity contribution in [3.8, 4) is 5.75 Å². The van der Waals surface area contributed by atoms with E-state index in [1.165, 1.54) is 0 Å². The number of aryl methyl sites for hydroxylation is 2. The molecule has 0 spiro atoms. The highest BCUT2D eigenvalue weighted by Crippen LogP contribution is 2.22. The second-order valence-corrected chi connectivity index (χ2v) is 8.61. The van der Waals surface area contributed by atoms with E-state index in [0.717, 1.165) is 22.4 Å². The SMILES string of the molecule is COc1ccc(C(C)N(C)C(=O)CCNS(=O)(=O)c2ccc(C)c(C)c2)cc1. The van der Waals surface area contributed by atoms with Gasteiger partial charge in [-0.2, -0.15) is 0 Å². The molecule has 0 aliphatic rings. The Morgan fingerprint density at radius 2 is 1.75 bits per heavy atom. The Labute approximate surface area is 167 Å². The Bertz CT molecular complexity index is 924. The topological polar surface area (TPSA) is 75.7 Å². The molecule has 2 aromatic rings. The zero-order valence-electron chi connectivity index (χ0n) is 17.0. The zero-order valence-corrected chi connectivity index (χ0v) is 17.8. The summed E-state index contributed by atoms with van der Waals surface area (Å²) in [5.74, 6) is 0.622. The van der Waals surface area contributed by atoms with Crippen molar-refractivity contribution < 1.29 is 17.9 Å². The first kappa shape index (κ1) is 21.9. The molecule has 28 heavy (non-hydrogen) atoms. The molecular weight excluding hydrogens is 376 g/mol. The summed E-state index contributed by atoms with van der Waals surface area (Å²) < 4.78 is 32.5. The van der Waals surface area contributed by atoms with Crippen LogP contribution in [0.15, 0.2) is 47.4 Å². The number of carbonyl (C=O) groups is 1. The minimum Gasteiger partial charge on any atom is -0.497 e. The number of amides is 1. The van der Waals surface area contributed by atoms with Gasteiger partial charge in [0, 0.05) is 20.0 Å². The largest absolute Gasteiger partial charge is 0.497 e. The molecule has 2 rings (SSSR count). The Hall–Kier alpha value is -2.38. The summed E-state index contributed by atoms with van der Waals surface area (Å²) in [7, 11) is -0.314. The van der Waals surface area contributed by atoms with Gasteiger partial charge in [-0.25, -0.2) is 13.1 Å². The molecule has 1 amide bonds. The minimum atomic E-state index is -3.64. The van der Waals surface area contributed by atoms with Crippen LogP contribution < -0.4 is 9.46 Å². The quantitative estimate of drug-likeness (QED) is 0.733. The van der Waals surface area contributed by atoms with Crippen LogP contribution in [0.25, 0.3) is 0 Å². The van der Waals surface area contributed by atoms with E-state index in [-0.39, 0.29) is 29.8 Å². The lowest BCUT2D eigenvalue weighted by molar-refractivity contribution is -0.131. The molecule has 0 aromatic heterocycles. The maximum Gasteiger partial charge on any atom is 0.240 e. The smallest absolute Gasteiger partial charge is 0.240 e. The van der Waals surface area contributed by atoms with Crippen molar-refractivity contribution in [1.82, 2.24) is 9.62 Å². The molecule has 0 radical (unpaired) electrons. The molecule has 1 N–H and O–H groups in total. The van der Waals surface area contributed by atoms with E-state index in [1.807, 2.05) is 45.0 Å². The number of rotatable bonds is 8. The van der Waals surface area contributed by atoms with E-state index < -0.39 is 10.0 Å². The maximum atomic E-state index is 12.5. The van der Waals surface area contributed by atoms with Gasteiger partial charge in [0.1, 0.15) is 5.75 Å². The van der Waals surface area contributed by atoms with Crippen LogP contribution >= 0.6 is 0 Å². The van der Waals surface area contributed by atoms with E-state index in [9.17, 15) is 13.2 Å². The molecule has 1 atom stereocenters. The van der Waals surface area contributed by atoms with E-state index >= 15 is 0 Å². The predicted octanol–water partition coefficient (Wildman–Crippen LogP) is 3.20. The van der Waals surface area contributed by atoms with Gasteiger partial charge in [-0.1, -0.05) is 18.2 Å². The van der Waals surface area contributed by atoms with Crippen LogP contribution in [0, 0.1) is 13.8 Å². The molecule has 0 aliphatic heterocycles. The Balaban J connectivity index is 1.93. The van der Waals surface area contributed by atoms with Crippen LogP contribution in [0.1, 0.15) is 36.1 Å². The van der Waals surface area contributed by atoms with Gasteiger partial charge in [-0.05, 0) is 61.7 Å². The number of sulfonamides is 1. The Kier molecular flexibility index (Phi) is 7.21. The first-order chi connectivity index (χ1) is 13.2. The molecule has 0 fully saturated rings. The van der Waals surface area contributed by atoms with Crippen LogP contribution in [-0.2, 0) is 14.8 Å². The van der Waals surface area contributed by atoms with Crippen molar-refractivity contribution in [2.75, 3.05) is 20.7 Å². The molecule has 152 valence electrons. The molecule has 0 saturated carbocycles. The maximum absolute atomic E-state index is 12.5. The van der Waals surface area contributed by atoms with Gasteiger partial charge in [0.15, 0.2) is 0 Å². The van der Waals surface area contributed by atoms with E-state index in [2.05, 4.69) is 4.72 Å². The minimum absolute atomic E-state index is 0.0494. The van der Waals surface area contributed by atoms with Crippen molar-refractivity contribution in [3.05, 3.63) is 59.2 Å². The summed E-state index contributed by atoms with van der Waals surface area (Å²) in [4.78, 5) is 14.3. The van der Waals surface area contributed by atoms with Crippen molar-refractivity contribution >= 4 is 15.9 Å². The lowest BCUT2D eigenvalue weighted by Gasteiger charge is -2.25. The van der Waals surface area contributed by atoms with Gasteiger partial charge in [0.05, 0.1) is 18.0 Å². The summed E-state index contributed by atoms with van der Waals surface area (Å²) in [5.41, 5.74) is 2.92. The zero-order chi connectivity index (χ0) is 20.9. The summed E-state index contributed by atoms with van der Waals surface area (Å²) in [5, 5.41) is 0. The highest BCUT2D eigenvalue weighted by molar-refractivity contribution is 7.89. The monoisotopic (exact) mass is 404 g/mol. The lowest BCUT2D eigenvalue weighted by Crippen LogP contribution is -2.33. The average Bonchev–Trinajstić information content (AvgIpc) is 2.68. The number of nitrogens with one attached hydrogen (secondary N) is 1. The second kappa shape index (κ2) is 9.21. The van der Waals surface area contributed by atoms with E-state index in [0.29, 0.717) is 0 Å². The summed E-state index contributed by atoms with van der Waals surface area (Å²) in [6, 6.07) is 12.4. The van der Waals surface area contributed by atoms with Crippen molar-refractivity contribution in [3.63, 3.8) is 0 Å². The molecule has 0 saturated heterocycles. The Morgan fingerprint density at radius 1 is 1.11 bits per heavy atom. The highest BCUT2D eigenvalue weighted by atomic mass is 32.2. The fourth-order valence-corrected chi connectivity index (χ4v) is 3.87. The first-order valence-electron chi connectivity index (χ1n) is 9.12. The third-order valence-electron chi connectivity index (χ3n) is 4.99. The van der Waals surface area contributed by atoms with Crippen LogP contribution in [0.2, 0.25) is 0 Å². The number of nitrogens with zero attached hydrogens (tertiary/aromatic N) is 1. The summed E-state index contributed by atoms with van der Waals surface area (Å²) in [6.07, 6.45) is 0.0844. The van der Waals surface area contributed by atoms with Crippen LogP contribution in [0.5, 0.6) is 5.75 Å². The molecule has 0 heterocycles. The molecule has 6 nitrogen and oxygen atoms in total. The third kappa shape index (κ3) is 5.33. The fourth-order valence-electron chi connectivity index (χ4n) is 2.76. The van der Waals surface area contributed by atoms with Gasteiger partial charge in [0.2, 0.25) is 15.9 Å². The van der Waals surface area contributed by atoms with Crippen molar-refractivity contribution in [1.29, 1.82) is 0 Å². The number of hydrogen-bond acceptors (Lipinski definition) is 4. The molecule has 2 aromatic carbocycles. The van der Waals surface area contributed by atoms with Gasteiger partial charge >= 0.3 is 0 Å². The van der Waals surface area contributed by atoms with Crippen LogP contribution in [0.3, 0.4) is 0 Å². The number of hydrogen-bond donors (Lipinski definition) is 1. The van der Waals surface area contributed by atoms with E-state index in [4.69, 9.17) is 4.74 Å². The predicted molar refractivity (Wildman–Crippen MR) is 110 cm³/mol. The number of ether oxygens (including phenoxy) is 1. The highest BCUT2D eigenvalue weighted by Gasteiger charge is 2.19. The first-order valence-corrected chi connectivity index (χ1v) is 10.6. The van der Waals surface area contributed by atoms with Gasteiger partial charge in [-0.3, -0.25) is 4.79 Å². The van der Waals surface area contributed by atoms with Gasteiger partial charge in [-0.15, -0.1) is 0 Å². The normalized spacial score (nSPS) is 12.5.